The van der Waals surface area contributed by atoms with Crippen LogP contribution in [0, 0.1) is 0 Å². The van der Waals surface area contributed by atoms with Gasteiger partial charge in [-0.15, -0.1) is 0 Å². The molecule has 0 bridgehead atoms. The number of benzene rings is 2. The standard InChI is InChI=1S/C17H19NO2/c1-13(14-6-4-3-5-7-14)18-12-17(19)15-8-10-16(20-2)11-9-15/h3-11,13,18H,12H2,1-2H3. The van der Waals surface area contributed by atoms with E-state index in [1.807, 2.05) is 18.2 Å². The Kier molecular flexibility index (Phi) is 4.91. The van der Waals surface area contributed by atoms with E-state index < -0.39 is 0 Å². The number of methoxy groups -OCH3 is 1. The van der Waals surface area contributed by atoms with E-state index >= 15 is 0 Å². The highest BCUT2D eigenvalue weighted by atomic mass is 16.5. The largest absolute Gasteiger partial charge is 0.497 e. The van der Waals surface area contributed by atoms with Crippen molar-refractivity contribution in [1.82, 2.24) is 5.32 Å². The van der Waals surface area contributed by atoms with Crippen molar-refractivity contribution in [3.05, 3.63) is 65.7 Å². The van der Waals surface area contributed by atoms with Gasteiger partial charge in [-0.3, -0.25) is 4.79 Å². The zero-order chi connectivity index (χ0) is 14.4. The van der Waals surface area contributed by atoms with E-state index in [4.69, 9.17) is 4.74 Å². The number of Topliss-reactive ketones (excluding diaryl/α,β-unsaturated/α-hetero) is 1. The van der Waals surface area contributed by atoms with Crippen molar-refractivity contribution in [2.75, 3.05) is 13.7 Å². The van der Waals surface area contributed by atoms with E-state index in [1.54, 1.807) is 31.4 Å². The van der Waals surface area contributed by atoms with Gasteiger partial charge < -0.3 is 10.1 Å². The molecule has 3 heteroatoms. The topological polar surface area (TPSA) is 38.3 Å². The number of hydrogen-bond acceptors (Lipinski definition) is 3. The van der Waals surface area contributed by atoms with Crippen LogP contribution in [0.1, 0.15) is 28.9 Å². The SMILES string of the molecule is COc1ccc(C(=O)CNC(C)c2ccccc2)cc1. The number of hydrogen-bond donors (Lipinski definition) is 1. The number of ether oxygens (including phenoxy) is 1. The summed E-state index contributed by atoms with van der Waals surface area (Å²) in [5, 5.41) is 3.24. The smallest absolute Gasteiger partial charge is 0.176 e. The molecular weight excluding hydrogens is 250 g/mol. The van der Waals surface area contributed by atoms with E-state index in [1.165, 1.54) is 5.56 Å². The molecule has 2 aromatic rings. The summed E-state index contributed by atoms with van der Waals surface area (Å²) in [5.41, 5.74) is 1.87. The zero-order valence-electron chi connectivity index (χ0n) is 11.8. The fraction of sp³-hybridized carbons (Fsp3) is 0.235. The molecule has 20 heavy (non-hydrogen) atoms. The molecule has 0 aliphatic carbocycles. The van der Waals surface area contributed by atoms with Gasteiger partial charge in [-0.1, -0.05) is 30.3 Å². The Morgan fingerprint density at radius 1 is 1.10 bits per heavy atom. The van der Waals surface area contributed by atoms with E-state index in [9.17, 15) is 4.79 Å². The molecule has 0 heterocycles. The van der Waals surface area contributed by atoms with Crippen molar-refractivity contribution < 1.29 is 9.53 Å². The molecule has 0 radical (unpaired) electrons. The first-order valence-corrected chi connectivity index (χ1v) is 6.66. The summed E-state index contributed by atoms with van der Waals surface area (Å²) in [6.45, 7) is 2.37. The predicted molar refractivity (Wildman–Crippen MR) is 80.2 cm³/mol. The first-order chi connectivity index (χ1) is 9.70. The zero-order valence-corrected chi connectivity index (χ0v) is 11.8. The Morgan fingerprint density at radius 3 is 2.35 bits per heavy atom. The maximum Gasteiger partial charge on any atom is 0.176 e. The molecule has 3 nitrogen and oxygen atoms in total. The monoisotopic (exact) mass is 269 g/mol. The lowest BCUT2D eigenvalue weighted by molar-refractivity contribution is 0.0988. The van der Waals surface area contributed by atoms with Crippen molar-refractivity contribution in [1.29, 1.82) is 0 Å². The fourth-order valence-corrected chi connectivity index (χ4v) is 1.98. The molecule has 0 saturated heterocycles. The van der Waals surface area contributed by atoms with Gasteiger partial charge in [0.25, 0.3) is 0 Å². The van der Waals surface area contributed by atoms with E-state index in [-0.39, 0.29) is 11.8 Å². The summed E-state index contributed by atoms with van der Waals surface area (Å²) in [4.78, 5) is 12.1. The summed E-state index contributed by atoms with van der Waals surface area (Å²) >= 11 is 0. The van der Waals surface area contributed by atoms with Gasteiger partial charge in [0.2, 0.25) is 0 Å². The Balaban J connectivity index is 1.91. The third kappa shape index (κ3) is 3.68. The third-order valence-electron chi connectivity index (χ3n) is 3.28. The van der Waals surface area contributed by atoms with Crippen LogP contribution in [-0.2, 0) is 0 Å². The quantitative estimate of drug-likeness (QED) is 0.818. The van der Waals surface area contributed by atoms with Crippen LogP contribution < -0.4 is 10.1 Å². The third-order valence-corrected chi connectivity index (χ3v) is 3.28. The predicted octanol–water partition coefficient (Wildman–Crippen LogP) is 3.23. The van der Waals surface area contributed by atoms with Gasteiger partial charge in [-0.25, -0.2) is 0 Å². The maximum atomic E-state index is 12.1. The van der Waals surface area contributed by atoms with Crippen LogP contribution in [0.3, 0.4) is 0 Å². The average Bonchev–Trinajstić information content (AvgIpc) is 2.53. The van der Waals surface area contributed by atoms with Gasteiger partial charge in [0.15, 0.2) is 5.78 Å². The summed E-state index contributed by atoms with van der Waals surface area (Å²) in [7, 11) is 1.61. The van der Waals surface area contributed by atoms with E-state index in [0.717, 1.165) is 5.75 Å². The number of ketones is 1. The lowest BCUT2D eigenvalue weighted by Crippen LogP contribution is -2.25. The van der Waals surface area contributed by atoms with Crippen molar-refractivity contribution in [2.45, 2.75) is 13.0 Å². The lowest BCUT2D eigenvalue weighted by Gasteiger charge is -2.13. The second kappa shape index (κ2) is 6.87. The highest BCUT2D eigenvalue weighted by Gasteiger charge is 2.09. The lowest BCUT2D eigenvalue weighted by atomic mass is 10.1. The number of carbonyl (C=O) groups excluding carboxylic acids is 1. The van der Waals surface area contributed by atoms with Crippen molar-refractivity contribution >= 4 is 5.78 Å². The van der Waals surface area contributed by atoms with Gasteiger partial charge in [0.05, 0.1) is 13.7 Å². The Morgan fingerprint density at radius 2 is 1.75 bits per heavy atom. The maximum absolute atomic E-state index is 12.1. The molecule has 2 aromatic carbocycles. The Labute approximate surface area is 119 Å². The van der Waals surface area contributed by atoms with Gasteiger partial charge in [0, 0.05) is 11.6 Å². The van der Waals surface area contributed by atoms with Crippen LogP contribution >= 0.6 is 0 Å². The molecule has 0 saturated carbocycles. The molecule has 2 rings (SSSR count). The minimum atomic E-state index is 0.0791. The molecule has 1 unspecified atom stereocenters. The molecule has 1 N–H and O–H groups in total. The van der Waals surface area contributed by atoms with E-state index in [0.29, 0.717) is 12.1 Å². The van der Waals surface area contributed by atoms with E-state index in [2.05, 4.69) is 24.4 Å². The second-order valence-electron chi connectivity index (χ2n) is 4.66. The van der Waals surface area contributed by atoms with Crippen LogP contribution in [-0.4, -0.2) is 19.4 Å². The van der Waals surface area contributed by atoms with Crippen molar-refractivity contribution in [2.24, 2.45) is 0 Å². The molecule has 0 aliphatic heterocycles. The summed E-state index contributed by atoms with van der Waals surface area (Å²) < 4.78 is 5.08. The van der Waals surface area contributed by atoms with Crippen molar-refractivity contribution in [3.8, 4) is 5.75 Å². The number of rotatable bonds is 6. The van der Waals surface area contributed by atoms with Gasteiger partial charge in [-0.05, 0) is 36.8 Å². The van der Waals surface area contributed by atoms with Crippen LogP contribution in [0.25, 0.3) is 0 Å². The fourth-order valence-electron chi connectivity index (χ4n) is 1.98. The summed E-state index contributed by atoms with van der Waals surface area (Å²) in [5.74, 6) is 0.836. The highest BCUT2D eigenvalue weighted by Crippen LogP contribution is 2.13. The molecule has 0 aromatic heterocycles. The minimum Gasteiger partial charge on any atom is -0.497 e. The number of nitrogens with one attached hydrogen (secondary N) is 1. The first kappa shape index (κ1) is 14.3. The molecule has 0 aliphatic rings. The number of carbonyl (C=O) groups is 1. The van der Waals surface area contributed by atoms with Crippen LogP contribution in [0.15, 0.2) is 54.6 Å². The molecule has 1 atom stereocenters. The first-order valence-electron chi connectivity index (χ1n) is 6.66. The van der Waals surface area contributed by atoms with Crippen LogP contribution in [0.4, 0.5) is 0 Å². The summed E-state index contributed by atoms with van der Waals surface area (Å²) in [6, 6.07) is 17.4. The Bertz CT molecular complexity index is 549. The highest BCUT2D eigenvalue weighted by molar-refractivity contribution is 5.97. The van der Waals surface area contributed by atoms with Gasteiger partial charge >= 0.3 is 0 Å². The molecule has 0 fully saturated rings. The Hall–Kier alpha value is -2.13. The minimum absolute atomic E-state index is 0.0791. The van der Waals surface area contributed by atoms with Gasteiger partial charge in [0.1, 0.15) is 5.75 Å². The second-order valence-corrected chi connectivity index (χ2v) is 4.66. The van der Waals surface area contributed by atoms with Crippen molar-refractivity contribution in [3.63, 3.8) is 0 Å². The van der Waals surface area contributed by atoms with Gasteiger partial charge in [-0.2, -0.15) is 0 Å². The summed E-state index contributed by atoms with van der Waals surface area (Å²) in [6.07, 6.45) is 0. The van der Waals surface area contributed by atoms with Crippen LogP contribution in [0.2, 0.25) is 0 Å². The normalized spacial score (nSPS) is 11.9. The average molecular weight is 269 g/mol. The molecule has 0 spiro atoms. The van der Waals surface area contributed by atoms with Crippen LogP contribution in [0.5, 0.6) is 5.75 Å². The molecule has 0 amide bonds. The molecular formula is C17H19NO2. The molecule has 104 valence electrons.